The molecule has 0 atom stereocenters. The van der Waals surface area contributed by atoms with Gasteiger partial charge in [0.15, 0.2) is 0 Å². The predicted molar refractivity (Wildman–Crippen MR) is 85.4 cm³/mol. The van der Waals surface area contributed by atoms with Crippen molar-refractivity contribution in [3.05, 3.63) is 58.1 Å². The van der Waals surface area contributed by atoms with Crippen molar-refractivity contribution >= 4 is 27.5 Å². The van der Waals surface area contributed by atoms with Gasteiger partial charge in [0.05, 0.1) is 12.0 Å². The number of rotatable bonds is 5. The minimum Gasteiger partial charge on any atom is -0.497 e. The zero-order valence-electron chi connectivity index (χ0n) is 12.9. The Labute approximate surface area is 143 Å². The van der Waals surface area contributed by atoms with E-state index in [4.69, 9.17) is 4.74 Å². The predicted octanol–water partition coefficient (Wildman–Crippen LogP) is 5.51. The standard InChI is InChI=1S/C14H11F5N2O4S/c1-25-10-4-7-13(21(23)24)12(8-10)14(22)20-9-2-5-11(6-3-9)26(15,16,17,18)19/h2-8H,1H3,(H,20,22). The summed E-state index contributed by atoms with van der Waals surface area (Å²) >= 11 is 0. The second kappa shape index (κ2) is 5.56. The van der Waals surface area contributed by atoms with Gasteiger partial charge < -0.3 is 10.1 Å². The summed E-state index contributed by atoms with van der Waals surface area (Å²) in [4.78, 5) is 20.2. The van der Waals surface area contributed by atoms with E-state index in [2.05, 4.69) is 5.32 Å². The number of carbonyl (C=O) groups is 1. The van der Waals surface area contributed by atoms with Crippen LogP contribution in [0.1, 0.15) is 10.4 Å². The van der Waals surface area contributed by atoms with E-state index in [1.165, 1.54) is 13.2 Å². The molecule has 0 bridgehead atoms. The van der Waals surface area contributed by atoms with Crippen LogP contribution in [0.2, 0.25) is 0 Å². The molecule has 0 radical (unpaired) electrons. The molecule has 1 N–H and O–H groups in total. The fourth-order valence-corrected chi connectivity index (χ4v) is 2.63. The summed E-state index contributed by atoms with van der Waals surface area (Å²) in [6, 6.07) is 4.82. The summed E-state index contributed by atoms with van der Waals surface area (Å²) in [6.45, 7) is 0. The lowest BCUT2D eigenvalue weighted by atomic mass is 10.1. The Kier molecular flexibility index (Phi) is 4.15. The van der Waals surface area contributed by atoms with Crippen molar-refractivity contribution < 1.29 is 33.9 Å². The molecule has 0 fully saturated rings. The van der Waals surface area contributed by atoms with Gasteiger partial charge in [-0.05, 0) is 36.4 Å². The summed E-state index contributed by atoms with van der Waals surface area (Å²) in [5.41, 5.74) is -1.23. The van der Waals surface area contributed by atoms with Crippen molar-refractivity contribution in [2.75, 3.05) is 12.4 Å². The first-order chi connectivity index (χ1) is 11.7. The number of amides is 1. The molecule has 0 aliphatic carbocycles. The van der Waals surface area contributed by atoms with E-state index in [9.17, 15) is 34.3 Å². The van der Waals surface area contributed by atoms with Crippen molar-refractivity contribution in [2.45, 2.75) is 4.90 Å². The Morgan fingerprint density at radius 3 is 2.12 bits per heavy atom. The number of methoxy groups -OCH3 is 1. The van der Waals surface area contributed by atoms with Gasteiger partial charge in [0.1, 0.15) is 16.2 Å². The highest BCUT2D eigenvalue weighted by molar-refractivity contribution is 8.45. The van der Waals surface area contributed by atoms with Gasteiger partial charge in [-0.1, -0.05) is 19.4 Å². The Morgan fingerprint density at radius 2 is 1.65 bits per heavy atom. The second-order valence-electron chi connectivity index (χ2n) is 5.09. The fourth-order valence-electron chi connectivity index (χ4n) is 1.98. The lowest BCUT2D eigenvalue weighted by molar-refractivity contribution is -0.385. The number of hydrogen-bond acceptors (Lipinski definition) is 4. The normalized spacial score (nSPS) is 14.1. The molecule has 0 aromatic heterocycles. The van der Waals surface area contributed by atoms with Crippen LogP contribution in [-0.4, -0.2) is 17.9 Å². The molecule has 2 aromatic carbocycles. The van der Waals surface area contributed by atoms with Crippen LogP contribution in [0.5, 0.6) is 5.75 Å². The summed E-state index contributed by atoms with van der Waals surface area (Å²) in [6.07, 6.45) is 0. The minimum absolute atomic E-state index is 0.122. The molecule has 6 nitrogen and oxygen atoms in total. The van der Waals surface area contributed by atoms with Gasteiger partial charge in [-0.2, -0.15) is 0 Å². The van der Waals surface area contributed by atoms with Gasteiger partial charge in [-0.15, -0.1) is 0 Å². The van der Waals surface area contributed by atoms with Crippen LogP contribution in [0.4, 0.5) is 30.8 Å². The van der Waals surface area contributed by atoms with Crippen LogP contribution in [0.25, 0.3) is 0 Å². The number of nitro benzene ring substituents is 1. The van der Waals surface area contributed by atoms with E-state index < -0.39 is 37.2 Å². The van der Waals surface area contributed by atoms with Gasteiger partial charge >= 0.3 is 10.2 Å². The molecular formula is C14H11F5N2O4S. The van der Waals surface area contributed by atoms with Gasteiger partial charge in [0, 0.05) is 11.8 Å². The molecule has 0 saturated heterocycles. The molecule has 2 aromatic rings. The Hall–Kier alpha value is -2.89. The van der Waals surface area contributed by atoms with Crippen LogP contribution in [0.15, 0.2) is 47.4 Å². The zero-order valence-corrected chi connectivity index (χ0v) is 13.7. The van der Waals surface area contributed by atoms with Gasteiger partial charge in [0.25, 0.3) is 11.6 Å². The topological polar surface area (TPSA) is 81.5 Å². The third kappa shape index (κ3) is 4.39. The first-order valence-corrected chi connectivity index (χ1v) is 8.64. The quantitative estimate of drug-likeness (QED) is 0.409. The Morgan fingerprint density at radius 1 is 1.08 bits per heavy atom. The molecule has 0 unspecified atom stereocenters. The maximum absolute atomic E-state index is 12.7. The minimum atomic E-state index is -9.82. The average molecular weight is 398 g/mol. The zero-order chi connectivity index (χ0) is 19.8. The second-order valence-corrected chi connectivity index (χ2v) is 7.50. The molecule has 12 heteroatoms. The Balaban J connectivity index is 2.33. The smallest absolute Gasteiger partial charge is 0.310 e. The number of anilines is 1. The summed E-state index contributed by atoms with van der Waals surface area (Å²) < 4.78 is 68.1. The van der Waals surface area contributed by atoms with Crippen molar-refractivity contribution in [3.63, 3.8) is 0 Å². The van der Waals surface area contributed by atoms with E-state index in [0.29, 0.717) is 12.1 Å². The first kappa shape index (κ1) is 19.4. The number of benzene rings is 2. The maximum atomic E-state index is 12.7. The number of carbonyl (C=O) groups excluding carboxylic acids is 1. The number of nitro groups is 1. The number of nitrogens with zero attached hydrogens (tertiary/aromatic N) is 1. The number of halogens is 5. The molecular weight excluding hydrogens is 387 g/mol. The number of hydrogen-bond donors (Lipinski definition) is 1. The lowest BCUT2D eigenvalue weighted by Crippen LogP contribution is -2.14. The van der Waals surface area contributed by atoms with E-state index >= 15 is 0 Å². The highest BCUT2D eigenvalue weighted by Gasteiger charge is 2.65. The van der Waals surface area contributed by atoms with Crippen LogP contribution >= 0.6 is 10.2 Å². The van der Waals surface area contributed by atoms with Crippen LogP contribution in [0, 0.1) is 10.1 Å². The molecule has 0 aliphatic heterocycles. The summed E-state index contributed by atoms with van der Waals surface area (Å²) in [5.74, 6) is -0.882. The molecule has 0 heterocycles. The lowest BCUT2D eigenvalue weighted by Gasteiger charge is -2.40. The van der Waals surface area contributed by atoms with Crippen LogP contribution in [0.3, 0.4) is 0 Å². The van der Waals surface area contributed by atoms with Crippen molar-refractivity contribution in [3.8, 4) is 5.75 Å². The molecule has 0 spiro atoms. The van der Waals surface area contributed by atoms with Crippen LogP contribution < -0.4 is 10.1 Å². The molecule has 26 heavy (non-hydrogen) atoms. The van der Waals surface area contributed by atoms with Crippen molar-refractivity contribution in [1.82, 2.24) is 0 Å². The maximum Gasteiger partial charge on any atom is 0.310 e. The fraction of sp³-hybridized carbons (Fsp3) is 0.0714. The van der Waals surface area contributed by atoms with E-state index in [-0.39, 0.29) is 23.6 Å². The van der Waals surface area contributed by atoms with Gasteiger partial charge in [-0.3, -0.25) is 14.9 Å². The summed E-state index contributed by atoms with van der Waals surface area (Å²) in [7, 11) is -8.56. The highest BCUT2D eigenvalue weighted by Crippen LogP contribution is 3.02. The molecule has 142 valence electrons. The molecule has 2 rings (SSSR count). The van der Waals surface area contributed by atoms with Crippen molar-refractivity contribution in [1.29, 1.82) is 0 Å². The van der Waals surface area contributed by atoms with Gasteiger partial charge in [-0.25, -0.2) is 0 Å². The third-order valence-corrected chi connectivity index (χ3v) is 4.37. The number of ether oxygens (including phenoxy) is 1. The first-order valence-electron chi connectivity index (χ1n) is 6.69. The Bertz CT molecular complexity index is 885. The molecule has 1 amide bonds. The highest BCUT2D eigenvalue weighted by atomic mass is 32.5. The van der Waals surface area contributed by atoms with Gasteiger partial charge in [0.2, 0.25) is 0 Å². The largest absolute Gasteiger partial charge is 0.497 e. The van der Waals surface area contributed by atoms with Crippen molar-refractivity contribution in [2.24, 2.45) is 0 Å². The van der Waals surface area contributed by atoms with E-state index in [0.717, 1.165) is 12.1 Å². The summed E-state index contributed by atoms with van der Waals surface area (Å²) in [5, 5.41) is 13.1. The van der Waals surface area contributed by atoms with E-state index in [1.54, 1.807) is 0 Å². The average Bonchev–Trinajstić information content (AvgIpc) is 2.52. The van der Waals surface area contributed by atoms with E-state index in [1.807, 2.05) is 0 Å². The third-order valence-electron chi connectivity index (χ3n) is 3.20. The SMILES string of the molecule is COc1ccc([N+](=O)[O-])c(C(=O)Nc2ccc(S(F)(F)(F)(F)F)cc2)c1. The number of nitrogens with one attached hydrogen (secondary N) is 1. The van der Waals surface area contributed by atoms with Crippen LogP contribution in [-0.2, 0) is 0 Å². The monoisotopic (exact) mass is 398 g/mol. The molecule has 0 saturated carbocycles. The molecule has 0 aliphatic rings.